The average molecular weight is 233 g/mol. The molecule has 0 aliphatic rings. The second-order valence-electron chi connectivity index (χ2n) is 4.21. The molecule has 1 N–H and O–H groups in total. The van der Waals surface area contributed by atoms with Gasteiger partial charge in [0, 0.05) is 7.05 Å². The Kier molecular flexibility index (Phi) is 3.64. The van der Waals surface area contributed by atoms with Crippen molar-refractivity contribution >= 4 is 0 Å². The Bertz CT molecular complexity index is 459. The number of nitrogens with one attached hydrogen (secondary N) is 1. The van der Waals surface area contributed by atoms with Crippen molar-refractivity contribution in [3.05, 3.63) is 41.6 Å². The number of furan rings is 1. The number of nitrogens with zero attached hydrogens (tertiary/aromatic N) is 2. The van der Waals surface area contributed by atoms with Crippen molar-refractivity contribution in [2.24, 2.45) is 7.05 Å². The van der Waals surface area contributed by atoms with Gasteiger partial charge in [-0.2, -0.15) is 5.10 Å². The Morgan fingerprint density at radius 1 is 1.53 bits per heavy atom. The summed E-state index contributed by atoms with van der Waals surface area (Å²) in [5.74, 6) is 0. The molecule has 0 spiro atoms. The summed E-state index contributed by atoms with van der Waals surface area (Å²) in [7, 11) is 3.97. The summed E-state index contributed by atoms with van der Waals surface area (Å²) < 4.78 is 7.06. The summed E-state index contributed by atoms with van der Waals surface area (Å²) in [6.45, 7) is 2.12. The van der Waals surface area contributed by atoms with E-state index in [1.54, 1.807) is 12.5 Å². The number of hydrogen-bond acceptors (Lipinski definition) is 3. The first-order valence-electron chi connectivity index (χ1n) is 5.95. The van der Waals surface area contributed by atoms with Gasteiger partial charge in [0.25, 0.3) is 0 Å². The highest BCUT2D eigenvalue weighted by Crippen LogP contribution is 2.19. The Morgan fingerprint density at radius 3 is 2.88 bits per heavy atom. The maximum absolute atomic E-state index is 5.10. The minimum absolute atomic E-state index is 0.269. The molecule has 2 aromatic rings. The first-order valence-corrected chi connectivity index (χ1v) is 5.95. The summed E-state index contributed by atoms with van der Waals surface area (Å²) in [6.07, 6.45) is 5.38. The first-order chi connectivity index (χ1) is 8.24. The van der Waals surface area contributed by atoms with E-state index in [0.29, 0.717) is 0 Å². The molecule has 4 heteroatoms. The fourth-order valence-corrected chi connectivity index (χ4v) is 2.04. The van der Waals surface area contributed by atoms with Crippen LogP contribution >= 0.6 is 0 Å². The van der Waals surface area contributed by atoms with E-state index in [-0.39, 0.29) is 6.04 Å². The second kappa shape index (κ2) is 5.19. The van der Waals surface area contributed by atoms with Gasteiger partial charge in [-0.3, -0.25) is 4.68 Å². The largest absolute Gasteiger partial charge is 0.472 e. The normalized spacial score (nSPS) is 12.9. The zero-order chi connectivity index (χ0) is 12.3. The molecule has 0 aliphatic carbocycles. The fraction of sp³-hybridized carbons (Fsp3) is 0.462. The van der Waals surface area contributed by atoms with Crippen LogP contribution < -0.4 is 5.32 Å². The predicted octanol–water partition coefficient (Wildman–Crippen LogP) is 2.08. The van der Waals surface area contributed by atoms with Gasteiger partial charge >= 0.3 is 0 Å². The molecule has 0 amide bonds. The molecule has 2 heterocycles. The maximum Gasteiger partial charge on any atom is 0.0935 e. The summed E-state index contributed by atoms with van der Waals surface area (Å²) in [6, 6.07) is 4.44. The van der Waals surface area contributed by atoms with Crippen molar-refractivity contribution in [2.45, 2.75) is 25.8 Å². The lowest BCUT2D eigenvalue weighted by Gasteiger charge is -2.15. The molecule has 92 valence electrons. The second-order valence-corrected chi connectivity index (χ2v) is 4.21. The predicted molar refractivity (Wildman–Crippen MR) is 66.8 cm³/mol. The van der Waals surface area contributed by atoms with Crippen molar-refractivity contribution in [3.8, 4) is 0 Å². The van der Waals surface area contributed by atoms with Crippen LogP contribution in [0.5, 0.6) is 0 Å². The topological polar surface area (TPSA) is 43.0 Å². The minimum Gasteiger partial charge on any atom is -0.472 e. The third-order valence-electron chi connectivity index (χ3n) is 3.05. The van der Waals surface area contributed by atoms with Crippen LogP contribution in [-0.4, -0.2) is 16.8 Å². The van der Waals surface area contributed by atoms with Gasteiger partial charge in [-0.25, -0.2) is 0 Å². The van der Waals surface area contributed by atoms with Crippen LogP contribution in [-0.2, 0) is 19.9 Å². The molecule has 2 aromatic heterocycles. The van der Waals surface area contributed by atoms with Gasteiger partial charge in [0.05, 0.1) is 30.0 Å². The SMILES string of the molecule is CCc1cc(C(Cc2ccoc2)NC)n(C)n1. The maximum atomic E-state index is 5.10. The Balaban J connectivity index is 2.19. The lowest BCUT2D eigenvalue weighted by Crippen LogP contribution is -2.21. The van der Waals surface area contributed by atoms with E-state index in [1.807, 2.05) is 24.8 Å². The van der Waals surface area contributed by atoms with E-state index >= 15 is 0 Å². The highest BCUT2D eigenvalue weighted by atomic mass is 16.3. The third kappa shape index (κ3) is 2.58. The van der Waals surface area contributed by atoms with Gasteiger partial charge in [0.2, 0.25) is 0 Å². The average Bonchev–Trinajstić information content (AvgIpc) is 2.95. The summed E-state index contributed by atoms with van der Waals surface area (Å²) in [5.41, 5.74) is 3.55. The molecule has 1 atom stereocenters. The summed E-state index contributed by atoms with van der Waals surface area (Å²) in [5, 5.41) is 7.81. The molecule has 0 aromatic carbocycles. The van der Waals surface area contributed by atoms with Crippen molar-refractivity contribution in [3.63, 3.8) is 0 Å². The van der Waals surface area contributed by atoms with Gasteiger partial charge in [-0.05, 0) is 37.6 Å². The molecule has 2 rings (SSSR count). The number of hydrogen-bond donors (Lipinski definition) is 1. The number of likely N-dealkylation sites (N-methyl/N-ethyl adjacent to an activating group) is 1. The molecular formula is C13H19N3O. The number of rotatable bonds is 5. The lowest BCUT2D eigenvalue weighted by atomic mass is 10.1. The molecule has 0 bridgehead atoms. The van der Waals surface area contributed by atoms with Gasteiger partial charge < -0.3 is 9.73 Å². The first kappa shape index (κ1) is 11.9. The molecule has 1 unspecified atom stereocenters. The summed E-state index contributed by atoms with van der Waals surface area (Å²) in [4.78, 5) is 0. The molecule has 0 aliphatic heterocycles. The monoisotopic (exact) mass is 233 g/mol. The van der Waals surface area contributed by atoms with Gasteiger partial charge in [-0.15, -0.1) is 0 Å². The van der Waals surface area contributed by atoms with Crippen LogP contribution in [0, 0.1) is 0 Å². The van der Waals surface area contributed by atoms with Gasteiger partial charge in [-0.1, -0.05) is 6.92 Å². The molecule has 0 radical (unpaired) electrons. The zero-order valence-electron chi connectivity index (χ0n) is 10.6. The van der Waals surface area contributed by atoms with Crippen LogP contribution in [0.4, 0.5) is 0 Å². The standard InChI is InChI=1S/C13H19N3O/c1-4-11-8-13(16(3)15-11)12(14-2)7-10-5-6-17-9-10/h5-6,8-9,12,14H,4,7H2,1-3H3. The number of aryl methyl sites for hydroxylation is 2. The molecule has 4 nitrogen and oxygen atoms in total. The van der Waals surface area contributed by atoms with Crippen LogP contribution in [0.2, 0.25) is 0 Å². The van der Waals surface area contributed by atoms with E-state index in [0.717, 1.165) is 18.5 Å². The van der Waals surface area contributed by atoms with Gasteiger partial charge in [0.1, 0.15) is 0 Å². The minimum atomic E-state index is 0.269. The fourth-order valence-electron chi connectivity index (χ4n) is 2.04. The van der Waals surface area contributed by atoms with Crippen LogP contribution in [0.3, 0.4) is 0 Å². The summed E-state index contributed by atoms with van der Waals surface area (Å²) >= 11 is 0. The Hall–Kier alpha value is -1.55. The highest BCUT2D eigenvalue weighted by molar-refractivity contribution is 5.18. The molecule has 0 saturated heterocycles. The number of aromatic nitrogens is 2. The van der Waals surface area contributed by atoms with E-state index in [4.69, 9.17) is 4.42 Å². The molecule has 0 saturated carbocycles. The lowest BCUT2D eigenvalue weighted by molar-refractivity contribution is 0.526. The van der Waals surface area contributed by atoms with E-state index in [9.17, 15) is 0 Å². The third-order valence-corrected chi connectivity index (χ3v) is 3.05. The van der Waals surface area contributed by atoms with Crippen molar-refractivity contribution in [2.75, 3.05) is 7.05 Å². The van der Waals surface area contributed by atoms with Crippen LogP contribution in [0.25, 0.3) is 0 Å². The highest BCUT2D eigenvalue weighted by Gasteiger charge is 2.15. The Labute approximate surface area is 102 Å². The molecular weight excluding hydrogens is 214 g/mol. The smallest absolute Gasteiger partial charge is 0.0935 e. The zero-order valence-corrected chi connectivity index (χ0v) is 10.6. The van der Waals surface area contributed by atoms with Crippen molar-refractivity contribution < 1.29 is 4.42 Å². The van der Waals surface area contributed by atoms with Gasteiger partial charge in [0.15, 0.2) is 0 Å². The van der Waals surface area contributed by atoms with E-state index in [2.05, 4.69) is 23.4 Å². The van der Waals surface area contributed by atoms with Crippen LogP contribution in [0.15, 0.2) is 29.1 Å². The molecule has 17 heavy (non-hydrogen) atoms. The van der Waals surface area contributed by atoms with E-state index in [1.165, 1.54) is 11.3 Å². The Morgan fingerprint density at radius 2 is 2.35 bits per heavy atom. The van der Waals surface area contributed by atoms with E-state index < -0.39 is 0 Å². The van der Waals surface area contributed by atoms with Crippen molar-refractivity contribution in [1.82, 2.24) is 15.1 Å². The quantitative estimate of drug-likeness (QED) is 0.859. The molecule has 0 fully saturated rings. The van der Waals surface area contributed by atoms with Crippen LogP contribution in [0.1, 0.15) is 29.9 Å². The van der Waals surface area contributed by atoms with Crippen molar-refractivity contribution in [1.29, 1.82) is 0 Å².